The standard InChI is InChI=1S/C7H13N2O2/c8-7(10)1-2-9-3-5-11-6-4-9/h1H,2-6H2,(H2,8,10). The molecule has 1 radical (unpaired) electrons. The van der Waals surface area contributed by atoms with Crippen LogP contribution in [0.2, 0.25) is 0 Å². The first-order valence-corrected chi connectivity index (χ1v) is 3.72. The summed E-state index contributed by atoms with van der Waals surface area (Å²) in [5.74, 6) is -0.350. The van der Waals surface area contributed by atoms with Crippen LogP contribution < -0.4 is 5.73 Å². The predicted molar refractivity (Wildman–Crippen MR) is 40.8 cm³/mol. The number of hydrogen-bond donors (Lipinski definition) is 1. The second-order valence-electron chi connectivity index (χ2n) is 2.52. The van der Waals surface area contributed by atoms with Gasteiger partial charge in [0.15, 0.2) is 0 Å². The quantitative estimate of drug-likeness (QED) is 0.572. The van der Waals surface area contributed by atoms with E-state index >= 15 is 0 Å². The van der Waals surface area contributed by atoms with Crippen molar-refractivity contribution in [2.45, 2.75) is 0 Å². The molecule has 0 aromatic rings. The molecule has 4 heteroatoms. The minimum atomic E-state index is -0.350. The molecule has 4 nitrogen and oxygen atoms in total. The van der Waals surface area contributed by atoms with Gasteiger partial charge < -0.3 is 10.5 Å². The number of rotatable bonds is 3. The number of amides is 1. The van der Waals surface area contributed by atoms with E-state index in [1.807, 2.05) is 0 Å². The zero-order valence-electron chi connectivity index (χ0n) is 6.45. The van der Waals surface area contributed by atoms with Crippen LogP contribution in [0.1, 0.15) is 0 Å². The molecule has 0 spiro atoms. The van der Waals surface area contributed by atoms with Crippen molar-refractivity contribution in [3.63, 3.8) is 0 Å². The normalized spacial score (nSPS) is 20.0. The Balaban J connectivity index is 2.09. The van der Waals surface area contributed by atoms with Crippen molar-refractivity contribution < 1.29 is 9.53 Å². The number of morpholine rings is 1. The van der Waals surface area contributed by atoms with E-state index in [0.29, 0.717) is 6.54 Å². The lowest BCUT2D eigenvalue weighted by Gasteiger charge is -2.25. The number of nitrogens with zero attached hydrogens (tertiary/aromatic N) is 1. The van der Waals surface area contributed by atoms with E-state index in [9.17, 15) is 4.79 Å². The summed E-state index contributed by atoms with van der Waals surface area (Å²) in [6.07, 6.45) is 1.49. The molecule has 0 unspecified atom stereocenters. The molecule has 0 saturated carbocycles. The van der Waals surface area contributed by atoms with Crippen molar-refractivity contribution >= 4 is 5.91 Å². The summed E-state index contributed by atoms with van der Waals surface area (Å²) in [6.45, 7) is 3.95. The molecule has 1 heterocycles. The Bertz CT molecular complexity index is 132. The number of carbonyl (C=O) groups is 1. The lowest BCUT2D eigenvalue weighted by atomic mass is 10.3. The number of primary amides is 1. The summed E-state index contributed by atoms with van der Waals surface area (Å²) in [6, 6.07) is 0. The smallest absolute Gasteiger partial charge is 0.222 e. The van der Waals surface area contributed by atoms with Gasteiger partial charge in [-0.25, -0.2) is 0 Å². The van der Waals surface area contributed by atoms with E-state index in [2.05, 4.69) is 4.90 Å². The SMILES string of the molecule is NC(=O)[CH]CN1CCOCC1. The number of carbonyl (C=O) groups excluding carboxylic acids is 1. The van der Waals surface area contributed by atoms with Crippen molar-refractivity contribution in [2.24, 2.45) is 5.73 Å². The third-order valence-electron chi connectivity index (χ3n) is 1.65. The van der Waals surface area contributed by atoms with Crippen LogP contribution in [-0.4, -0.2) is 43.7 Å². The van der Waals surface area contributed by atoms with Crippen LogP contribution in [-0.2, 0) is 9.53 Å². The van der Waals surface area contributed by atoms with Crippen molar-refractivity contribution in [1.82, 2.24) is 4.90 Å². The van der Waals surface area contributed by atoms with Crippen LogP contribution in [0.15, 0.2) is 0 Å². The van der Waals surface area contributed by atoms with Crippen LogP contribution in [0, 0.1) is 6.42 Å². The number of ether oxygens (including phenoxy) is 1. The van der Waals surface area contributed by atoms with Gasteiger partial charge in [0.1, 0.15) is 0 Å². The molecule has 1 fully saturated rings. The maximum atomic E-state index is 10.4. The second-order valence-corrected chi connectivity index (χ2v) is 2.52. The summed E-state index contributed by atoms with van der Waals surface area (Å²) in [7, 11) is 0. The van der Waals surface area contributed by atoms with E-state index in [4.69, 9.17) is 10.5 Å². The zero-order valence-corrected chi connectivity index (χ0v) is 6.45. The summed E-state index contributed by atoms with van der Waals surface area (Å²) < 4.78 is 5.13. The maximum absolute atomic E-state index is 10.4. The Morgan fingerprint density at radius 3 is 2.73 bits per heavy atom. The number of hydrogen-bond acceptors (Lipinski definition) is 3. The molecule has 0 bridgehead atoms. The highest BCUT2D eigenvalue weighted by molar-refractivity contribution is 5.83. The first-order valence-electron chi connectivity index (χ1n) is 3.72. The molecular formula is C7H13N2O2. The van der Waals surface area contributed by atoms with E-state index < -0.39 is 0 Å². The molecule has 11 heavy (non-hydrogen) atoms. The van der Waals surface area contributed by atoms with Crippen molar-refractivity contribution in [3.05, 3.63) is 6.42 Å². The van der Waals surface area contributed by atoms with Crippen LogP contribution in [0.4, 0.5) is 0 Å². The van der Waals surface area contributed by atoms with E-state index in [1.165, 1.54) is 6.42 Å². The van der Waals surface area contributed by atoms with Crippen LogP contribution in [0.3, 0.4) is 0 Å². The lowest BCUT2D eigenvalue weighted by molar-refractivity contribution is -0.115. The van der Waals surface area contributed by atoms with Gasteiger partial charge in [-0.3, -0.25) is 9.69 Å². The van der Waals surface area contributed by atoms with Gasteiger partial charge in [-0.2, -0.15) is 0 Å². The fraction of sp³-hybridized carbons (Fsp3) is 0.714. The van der Waals surface area contributed by atoms with Gasteiger partial charge in [0.25, 0.3) is 0 Å². The minimum absolute atomic E-state index is 0.350. The van der Waals surface area contributed by atoms with E-state index in [1.54, 1.807) is 0 Å². The fourth-order valence-corrected chi connectivity index (χ4v) is 1.00. The highest BCUT2D eigenvalue weighted by Gasteiger charge is 2.10. The molecule has 63 valence electrons. The van der Waals surface area contributed by atoms with Gasteiger partial charge in [-0.15, -0.1) is 0 Å². The second kappa shape index (κ2) is 4.31. The minimum Gasteiger partial charge on any atom is -0.379 e. The maximum Gasteiger partial charge on any atom is 0.222 e. The van der Waals surface area contributed by atoms with Gasteiger partial charge in [0.05, 0.1) is 19.6 Å². The summed E-state index contributed by atoms with van der Waals surface area (Å²) in [5.41, 5.74) is 4.96. The Kier molecular flexibility index (Phi) is 3.32. The Morgan fingerprint density at radius 1 is 1.55 bits per heavy atom. The summed E-state index contributed by atoms with van der Waals surface area (Å²) >= 11 is 0. The molecule has 1 aliphatic heterocycles. The molecule has 1 saturated heterocycles. The van der Waals surface area contributed by atoms with Gasteiger partial charge in [-0.1, -0.05) is 0 Å². The highest BCUT2D eigenvalue weighted by atomic mass is 16.5. The van der Waals surface area contributed by atoms with Crippen molar-refractivity contribution in [2.75, 3.05) is 32.8 Å². The van der Waals surface area contributed by atoms with E-state index in [0.717, 1.165) is 26.3 Å². The predicted octanol–water partition coefficient (Wildman–Crippen LogP) is -0.992. The first-order chi connectivity index (χ1) is 5.29. The topological polar surface area (TPSA) is 55.6 Å². The molecule has 0 aromatic carbocycles. The molecule has 0 aliphatic carbocycles. The van der Waals surface area contributed by atoms with Crippen molar-refractivity contribution in [3.8, 4) is 0 Å². The van der Waals surface area contributed by atoms with Gasteiger partial charge in [0.2, 0.25) is 5.91 Å². The zero-order chi connectivity index (χ0) is 8.10. The van der Waals surface area contributed by atoms with Gasteiger partial charge >= 0.3 is 0 Å². The fourth-order valence-electron chi connectivity index (χ4n) is 1.00. The number of nitrogens with two attached hydrogens (primary N) is 1. The van der Waals surface area contributed by atoms with Crippen LogP contribution in [0.5, 0.6) is 0 Å². The molecule has 1 aliphatic rings. The average molecular weight is 157 g/mol. The first kappa shape index (κ1) is 8.49. The molecular weight excluding hydrogens is 144 g/mol. The lowest BCUT2D eigenvalue weighted by Crippen LogP contribution is -2.38. The van der Waals surface area contributed by atoms with Crippen LogP contribution in [0.25, 0.3) is 0 Å². The molecule has 0 atom stereocenters. The van der Waals surface area contributed by atoms with Crippen LogP contribution >= 0.6 is 0 Å². The molecule has 1 amide bonds. The van der Waals surface area contributed by atoms with Gasteiger partial charge in [0, 0.05) is 19.6 Å². The summed E-state index contributed by atoms with van der Waals surface area (Å²) in [5, 5.41) is 0. The Labute approximate surface area is 66.3 Å². The molecule has 0 aromatic heterocycles. The molecule has 1 rings (SSSR count). The largest absolute Gasteiger partial charge is 0.379 e. The summed E-state index contributed by atoms with van der Waals surface area (Å²) in [4.78, 5) is 12.5. The van der Waals surface area contributed by atoms with E-state index in [-0.39, 0.29) is 5.91 Å². The highest BCUT2D eigenvalue weighted by Crippen LogP contribution is 1.96. The Morgan fingerprint density at radius 2 is 2.18 bits per heavy atom. The van der Waals surface area contributed by atoms with Crippen molar-refractivity contribution in [1.29, 1.82) is 0 Å². The Hall–Kier alpha value is -0.610. The monoisotopic (exact) mass is 157 g/mol. The van der Waals surface area contributed by atoms with Gasteiger partial charge in [-0.05, 0) is 0 Å². The molecule has 2 N–H and O–H groups in total. The third kappa shape index (κ3) is 3.34. The third-order valence-corrected chi connectivity index (χ3v) is 1.65. The average Bonchev–Trinajstić information content (AvgIpc) is 2.03.